The Balaban J connectivity index is 1.69. The number of amides is 1. The van der Waals surface area contributed by atoms with Crippen LogP contribution >= 0.6 is 0 Å². The molecule has 0 aromatic heterocycles. The summed E-state index contributed by atoms with van der Waals surface area (Å²) in [6, 6.07) is 15.3. The van der Waals surface area contributed by atoms with E-state index in [1.54, 1.807) is 0 Å². The van der Waals surface area contributed by atoms with Gasteiger partial charge in [0.15, 0.2) is 5.75 Å². The van der Waals surface area contributed by atoms with Crippen molar-refractivity contribution in [3.63, 3.8) is 0 Å². The Morgan fingerprint density at radius 2 is 2.12 bits per heavy atom. The Labute approximate surface area is 142 Å². The largest absolute Gasteiger partial charge is 0.455 e. The lowest BCUT2D eigenvalue weighted by Gasteiger charge is -2.23. The average molecular weight is 326 g/mol. The highest BCUT2D eigenvalue weighted by molar-refractivity contribution is 5.92. The Kier molecular flexibility index (Phi) is 5.46. The Bertz CT molecular complexity index is 682. The van der Waals surface area contributed by atoms with Crippen LogP contribution in [0.4, 0.5) is 5.69 Å². The van der Waals surface area contributed by atoms with E-state index in [2.05, 4.69) is 10.6 Å². The highest BCUT2D eigenvalue weighted by atomic mass is 16.5. The van der Waals surface area contributed by atoms with Gasteiger partial charge in [-0.3, -0.25) is 4.79 Å². The summed E-state index contributed by atoms with van der Waals surface area (Å²) in [6.07, 6.45) is 0.374. The number of hydrogen-bond acceptors (Lipinski definition) is 4. The normalized spacial score (nSPS) is 17.3. The summed E-state index contributed by atoms with van der Waals surface area (Å²) in [7, 11) is 0. The molecule has 3 rings (SSSR count). The number of anilines is 1. The molecule has 5 heteroatoms. The molecule has 1 atom stereocenters. The van der Waals surface area contributed by atoms with Crippen molar-refractivity contribution >= 4 is 11.6 Å². The van der Waals surface area contributed by atoms with Crippen LogP contribution in [-0.4, -0.2) is 31.7 Å². The van der Waals surface area contributed by atoms with Crippen LogP contribution in [0.3, 0.4) is 0 Å². The molecule has 0 spiro atoms. The zero-order valence-electron chi connectivity index (χ0n) is 13.7. The first kappa shape index (κ1) is 16.5. The van der Waals surface area contributed by atoms with Gasteiger partial charge in [0.05, 0.1) is 18.9 Å². The van der Waals surface area contributed by atoms with E-state index in [9.17, 15) is 4.79 Å². The van der Waals surface area contributed by atoms with Crippen LogP contribution in [0.15, 0.2) is 48.5 Å². The fourth-order valence-electron chi connectivity index (χ4n) is 2.62. The molecule has 2 N–H and O–H groups in total. The fourth-order valence-corrected chi connectivity index (χ4v) is 2.62. The minimum atomic E-state index is -0.0542. The van der Waals surface area contributed by atoms with Crippen LogP contribution in [0.5, 0.6) is 11.5 Å². The summed E-state index contributed by atoms with van der Waals surface area (Å²) in [5.74, 6) is 1.31. The zero-order chi connectivity index (χ0) is 16.8. The molecule has 24 heavy (non-hydrogen) atoms. The number of aryl methyl sites for hydroxylation is 1. The van der Waals surface area contributed by atoms with E-state index in [-0.39, 0.29) is 11.9 Å². The molecule has 1 aliphatic rings. The van der Waals surface area contributed by atoms with E-state index >= 15 is 0 Å². The molecule has 1 amide bonds. The minimum Gasteiger partial charge on any atom is -0.455 e. The van der Waals surface area contributed by atoms with Gasteiger partial charge in [0, 0.05) is 19.0 Å². The first-order chi connectivity index (χ1) is 11.7. The first-order valence-electron chi connectivity index (χ1n) is 8.15. The van der Waals surface area contributed by atoms with Crippen molar-refractivity contribution in [2.45, 2.75) is 19.4 Å². The van der Waals surface area contributed by atoms with E-state index in [4.69, 9.17) is 9.47 Å². The molecular weight excluding hydrogens is 304 g/mol. The van der Waals surface area contributed by atoms with Gasteiger partial charge < -0.3 is 20.1 Å². The second-order valence-corrected chi connectivity index (χ2v) is 5.89. The third-order valence-electron chi connectivity index (χ3n) is 3.81. The molecule has 0 radical (unpaired) electrons. The average Bonchev–Trinajstić information content (AvgIpc) is 2.59. The topological polar surface area (TPSA) is 59.6 Å². The van der Waals surface area contributed by atoms with E-state index in [1.807, 2.05) is 55.5 Å². The second-order valence-electron chi connectivity index (χ2n) is 5.89. The number of nitrogens with one attached hydrogen (secondary N) is 2. The molecule has 126 valence electrons. The molecule has 1 heterocycles. The van der Waals surface area contributed by atoms with E-state index in [0.717, 1.165) is 17.9 Å². The van der Waals surface area contributed by atoms with Gasteiger partial charge in [0.1, 0.15) is 5.75 Å². The Hall–Kier alpha value is -2.37. The van der Waals surface area contributed by atoms with Crippen LogP contribution in [-0.2, 0) is 9.53 Å². The smallest absolute Gasteiger partial charge is 0.226 e. The molecule has 1 aliphatic heterocycles. The van der Waals surface area contributed by atoms with Gasteiger partial charge in [-0.05, 0) is 36.8 Å². The highest BCUT2D eigenvalue weighted by Crippen LogP contribution is 2.30. The van der Waals surface area contributed by atoms with Crippen molar-refractivity contribution in [3.8, 4) is 11.5 Å². The van der Waals surface area contributed by atoms with Crippen LogP contribution in [0.25, 0.3) is 0 Å². The number of carbonyl (C=O) groups excluding carboxylic acids is 1. The first-order valence-corrected chi connectivity index (χ1v) is 8.15. The van der Waals surface area contributed by atoms with Gasteiger partial charge in [-0.25, -0.2) is 0 Å². The molecular formula is C19H22N2O3. The Morgan fingerprint density at radius 1 is 1.29 bits per heavy atom. The van der Waals surface area contributed by atoms with Crippen LogP contribution in [0.1, 0.15) is 12.0 Å². The maximum Gasteiger partial charge on any atom is 0.226 e. The summed E-state index contributed by atoms with van der Waals surface area (Å²) < 4.78 is 11.3. The van der Waals surface area contributed by atoms with Crippen molar-refractivity contribution in [2.75, 3.05) is 25.1 Å². The molecule has 1 unspecified atom stereocenters. The quantitative estimate of drug-likeness (QED) is 0.886. The predicted molar refractivity (Wildman–Crippen MR) is 93.6 cm³/mol. The van der Waals surface area contributed by atoms with Crippen LogP contribution in [0, 0.1) is 6.92 Å². The lowest BCUT2D eigenvalue weighted by atomic mass is 10.1. The van der Waals surface area contributed by atoms with E-state index in [1.165, 1.54) is 0 Å². The van der Waals surface area contributed by atoms with Gasteiger partial charge in [-0.2, -0.15) is 0 Å². The van der Waals surface area contributed by atoms with E-state index in [0.29, 0.717) is 31.1 Å². The number of benzene rings is 2. The minimum absolute atomic E-state index is 0.0542. The highest BCUT2D eigenvalue weighted by Gasteiger charge is 2.18. The van der Waals surface area contributed by atoms with Gasteiger partial charge in [-0.1, -0.05) is 24.3 Å². The maximum absolute atomic E-state index is 12.3. The molecule has 0 bridgehead atoms. The molecule has 0 saturated carbocycles. The maximum atomic E-state index is 12.3. The van der Waals surface area contributed by atoms with Crippen molar-refractivity contribution in [1.29, 1.82) is 0 Å². The molecule has 0 aliphatic carbocycles. The number of hydrogen-bond donors (Lipinski definition) is 2. The molecule has 2 aromatic carbocycles. The van der Waals surface area contributed by atoms with E-state index < -0.39 is 0 Å². The van der Waals surface area contributed by atoms with Gasteiger partial charge in [0.2, 0.25) is 5.91 Å². The molecule has 1 fully saturated rings. The number of para-hydroxylation sites is 1. The molecule has 1 saturated heterocycles. The zero-order valence-corrected chi connectivity index (χ0v) is 13.7. The fraction of sp³-hybridized carbons (Fsp3) is 0.316. The summed E-state index contributed by atoms with van der Waals surface area (Å²) in [5, 5.41) is 6.24. The predicted octanol–water partition coefficient (Wildman–Crippen LogP) is 3.10. The Morgan fingerprint density at radius 3 is 2.88 bits per heavy atom. The summed E-state index contributed by atoms with van der Waals surface area (Å²) in [6.45, 7) is 4.03. The lowest BCUT2D eigenvalue weighted by molar-refractivity contribution is -0.117. The second kappa shape index (κ2) is 7.95. The van der Waals surface area contributed by atoms with Crippen molar-refractivity contribution in [3.05, 3.63) is 54.1 Å². The van der Waals surface area contributed by atoms with Gasteiger partial charge >= 0.3 is 0 Å². The number of carbonyl (C=O) groups is 1. The van der Waals surface area contributed by atoms with Crippen molar-refractivity contribution in [2.24, 2.45) is 0 Å². The van der Waals surface area contributed by atoms with Crippen molar-refractivity contribution < 1.29 is 14.3 Å². The van der Waals surface area contributed by atoms with Gasteiger partial charge in [0.25, 0.3) is 0 Å². The third kappa shape index (κ3) is 4.57. The number of ether oxygens (including phenoxy) is 2. The summed E-state index contributed by atoms with van der Waals surface area (Å²) >= 11 is 0. The third-order valence-corrected chi connectivity index (χ3v) is 3.81. The summed E-state index contributed by atoms with van der Waals surface area (Å²) in [5.41, 5.74) is 1.74. The monoisotopic (exact) mass is 326 g/mol. The SMILES string of the molecule is Cc1ccc(Oc2ccccc2)c(NC(=O)CC2COCCN2)c1. The number of morpholine rings is 1. The van der Waals surface area contributed by atoms with Gasteiger partial charge in [-0.15, -0.1) is 0 Å². The van der Waals surface area contributed by atoms with Crippen LogP contribution < -0.4 is 15.4 Å². The summed E-state index contributed by atoms with van der Waals surface area (Å²) in [4.78, 5) is 12.3. The van der Waals surface area contributed by atoms with Crippen molar-refractivity contribution in [1.82, 2.24) is 5.32 Å². The molecule has 5 nitrogen and oxygen atoms in total. The molecule has 2 aromatic rings. The lowest BCUT2D eigenvalue weighted by Crippen LogP contribution is -2.43. The van der Waals surface area contributed by atoms with Crippen LogP contribution in [0.2, 0.25) is 0 Å². The number of rotatable bonds is 5. The standard InChI is InChI=1S/C19H22N2O3/c1-14-7-8-18(24-16-5-3-2-4-6-16)17(11-14)21-19(22)12-15-13-23-10-9-20-15/h2-8,11,15,20H,9-10,12-13H2,1H3,(H,21,22).